The predicted octanol–water partition coefficient (Wildman–Crippen LogP) is 4.84. The first kappa shape index (κ1) is 17.5. The van der Waals surface area contributed by atoms with Gasteiger partial charge >= 0.3 is 0 Å². The van der Waals surface area contributed by atoms with Gasteiger partial charge in [0.1, 0.15) is 0 Å². The van der Waals surface area contributed by atoms with Gasteiger partial charge in [-0.25, -0.2) is 4.98 Å². The van der Waals surface area contributed by atoms with E-state index in [4.69, 9.17) is 21.1 Å². The Bertz CT molecular complexity index is 961. The van der Waals surface area contributed by atoms with Gasteiger partial charge in [0.15, 0.2) is 15.8 Å². The van der Waals surface area contributed by atoms with Crippen LogP contribution in [0.25, 0.3) is 10.2 Å². The van der Waals surface area contributed by atoms with Crippen molar-refractivity contribution in [2.75, 3.05) is 24.3 Å². The quantitative estimate of drug-likeness (QED) is 0.628. The summed E-state index contributed by atoms with van der Waals surface area (Å²) in [5, 5.41) is 3.54. The molecular formula is C18H15ClN2O3S2. The van der Waals surface area contributed by atoms with E-state index >= 15 is 0 Å². The Morgan fingerprint density at radius 3 is 2.92 bits per heavy atom. The molecule has 0 fully saturated rings. The number of fused-ring (bicyclic) bond motifs is 2. The molecule has 1 N–H and O–H groups in total. The van der Waals surface area contributed by atoms with E-state index in [2.05, 4.69) is 10.3 Å². The number of halogens is 1. The molecule has 1 aromatic heterocycles. The number of hydrogen-bond donors (Lipinski definition) is 1. The highest BCUT2D eigenvalue weighted by atomic mass is 35.5. The molecule has 1 aliphatic rings. The molecule has 2 aromatic carbocycles. The van der Waals surface area contributed by atoms with Gasteiger partial charge in [0, 0.05) is 23.2 Å². The number of ether oxygens (including phenoxy) is 2. The third kappa shape index (κ3) is 4.06. The molecule has 0 spiro atoms. The van der Waals surface area contributed by atoms with Crippen molar-refractivity contribution in [3.63, 3.8) is 0 Å². The molecule has 0 saturated carbocycles. The lowest BCUT2D eigenvalue weighted by Gasteiger charge is -2.10. The second-order valence-corrected chi connectivity index (χ2v) is 8.33. The average molecular weight is 407 g/mol. The monoisotopic (exact) mass is 406 g/mol. The molecule has 0 atom stereocenters. The molecule has 1 amide bonds. The number of nitrogens with one attached hydrogen (secondary N) is 1. The summed E-state index contributed by atoms with van der Waals surface area (Å²) in [6, 6.07) is 11.0. The van der Waals surface area contributed by atoms with Gasteiger partial charge in [0.05, 0.1) is 29.2 Å². The van der Waals surface area contributed by atoms with Crippen LogP contribution >= 0.6 is 34.7 Å². The van der Waals surface area contributed by atoms with Gasteiger partial charge in [-0.15, -0.1) is 11.3 Å². The average Bonchev–Trinajstić information content (AvgIpc) is 2.88. The van der Waals surface area contributed by atoms with Crippen LogP contribution in [0, 0.1) is 0 Å². The summed E-state index contributed by atoms with van der Waals surface area (Å²) >= 11 is 8.94. The second-order valence-electron chi connectivity index (χ2n) is 5.64. The maximum Gasteiger partial charge on any atom is 0.234 e. The molecule has 1 aliphatic heterocycles. The third-order valence-electron chi connectivity index (χ3n) is 3.69. The molecule has 3 aromatic rings. The molecule has 5 nitrogen and oxygen atoms in total. The van der Waals surface area contributed by atoms with Crippen LogP contribution in [0.15, 0.2) is 40.7 Å². The van der Waals surface area contributed by atoms with Gasteiger partial charge in [0.25, 0.3) is 0 Å². The number of thioether (sulfide) groups is 1. The summed E-state index contributed by atoms with van der Waals surface area (Å²) in [4.78, 5) is 16.7. The Balaban J connectivity index is 1.38. The number of carbonyl (C=O) groups excluding carboxylic acids is 1. The summed E-state index contributed by atoms with van der Waals surface area (Å²) in [6.45, 7) is 1.25. The van der Waals surface area contributed by atoms with Crippen molar-refractivity contribution in [3.8, 4) is 11.5 Å². The summed E-state index contributed by atoms with van der Waals surface area (Å²) in [5.74, 6) is 1.56. The van der Waals surface area contributed by atoms with E-state index in [-0.39, 0.29) is 11.7 Å². The van der Waals surface area contributed by atoms with Crippen LogP contribution in [0.2, 0.25) is 5.02 Å². The predicted molar refractivity (Wildman–Crippen MR) is 106 cm³/mol. The Morgan fingerprint density at radius 2 is 2.04 bits per heavy atom. The molecular weight excluding hydrogens is 392 g/mol. The zero-order chi connectivity index (χ0) is 17.9. The molecule has 2 heterocycles. The lowest BCUT2D eigenvalue weighted by atomic mass is 10.2. The molecule has 4 rings (SSSR count). The number of carbonyl (C=O) groups is 1. The Morgan fingerprint density at radius 1 is 1.19 bits per heavy atom. The molecule has 0 bridgehead atoms. The van der Waals surface area contributed by atoms with Crippen LogP contribution in [0.5, 0.6) is 11.5 Å². The Hall–Kier alpha value is -1.96. The van der Waals surface area contributed by atoms with Crippen LogP contribution in [0.4, 0.5) is 5.69 Å². The Labute approximate surface area is 163 Å². The molecule has 0 saturated heterocycles. The third-order valence-corrected chi connectivity index (χ3v) is 6.10. The van der Waals surface area contributed by atoms with E-state index in [1.54, 1.807) is 17.4 Å². The minimum absolute atomic E-state index is 0.0956. The van der Waals surface area contributed by atoms with Gasteiger partial charge in [-0.05, 0) is 30.3 Å². The van der Waals surface area contributed by atoms with Crippen molar-refractivity contribution in [1.29, 1.82) is 0 Å². The zero-order valence-corrected chi connectivity index (χ0v) is 16.0. The van der Waals surface area contributed by atoms with Crippen molar-refractivity contribution >= 4 is 56.5 Å². The summed E-state index contributed by atoms with van der Waals surface area (Å²) in [7, 11) is 0. The molecule has 0 radical (unpaired) electrons. The minimum Gasteiger partial charge on any atom is -0.490 e. The number of thiazole rings is 1. The topological polar surface area (TPSA) is 60.5 Å². The van der Waals surface area contributed by atoms with Crippen molar-refractivity contribution in [3.05, 3.63) is 41.4 Å². The lowest BCUT2D eigenvalue weighted by molar-refractivity contribution is -0.113. The number of amides is 1. The van der Waals surface area contributed by atoms with Gasteiger partial charge in [0.2, 0.25) is 5.91 Å². The summed E-state index contributed by atoms with van der Waals surface area (Å²) in [5.41, 5.74) is 1.55. The van der Waals surface area contributed by atoms with Crippen molar-refractivity contribution < 1.29 is 14.3 Å². The largest absolute Gasteiger partial charge is 0.490 e. The van der Waals surface area contributed by atoms with E-state index in [0.29, 0.717) is 35.4 Å². The fraction of sp³-hybridized carbons (Fsp3) is 0.222. The van der Waals surface area contributed by atoms with Gasteiger partial charge in [-0.2, -0.15) is 0 Å². The molecule has 8 heteroatoms. The lowest BCUT2D eigenvalue weighted by Crippen LogP contribution is -2.14. The van der Waals surface area contributed by atoms with E-state index in [1.807, 2.05) is 30.3 Å². The maximum absolute atomic E-state index is 12.2. The first-order chi connectivity index (χ1) is 12.7. The minimum atomic E-state index is -0.0956. The van der Waals surface area contributed by atoms with Gasteiger partial charge in [-0.1, -0.05) is 23.4 Å². The zero-order valence-electron chi connectivity index (χ0n) is 13.7. The highest BCUT2D eigenvalue weighted by Gasteiger charge is 2.13. The molecule has 0 unspecified atom stereocenters. The standard InChI is InChI=1S/C18H15ClN2O3S2/c19-11-2-5-16-13(8-11)21-18(26-16)25-10-17(22)20-12-3-4-14-15(9-12)24-7-1-6-23-14/h2-5,8-9H,1,6-7,10H2,(H,20,22). The number of nitrogens with zero attached hydrogens (tertiary/aromatic N) is 1. The van der Waals surface area contributed by atoms with E-state index in [1.165, 1.54) is 11.8 Å². The number of rotatable bonds is 4. The van der Waals surface area contributed by atoms with Crippen molar-refractivity contribution in [2.45, 2.75) is 10.8 Å². The van der Waals surface area contributed by atoms with Gasteiger partial charge in [-0.3, -0.25) is 4.79 Å². The molecule has 0 aliphatic carbocycles. The smallest absolute Gasteiger partial charge is 0.234 e. The van der Waals surface area contributed by atoms with Crippen LogP contribution in [-0.2, 0) is 4.79 Å². The van der Waals surface area contributed by atoms with E-state index < -0.39 is 0 Å². The normalized spacial score (nSPS) is 13.4. The number of anilines is 1. The summed E-state index contributed by atoms with van der Waals surface area (Å²) in [6.07, 6.45) is 0.848. The molecule has 26 heavy (non-hydrogen) atoms. The number of hydrogen-bond acceptors (Lipinski definition) is 6. The fourth-order valence-corrected chi connectivity index (χ4v) is 4.52. The second kappa shape index (κ2) is 7.73. The molecule has 134 valence electrons. The maximum atomic E-state index is 12.2. The van der Waals surface area contributed by atoms with Crippen LogP contribution in [0.1, 0.15) is 6.42 Å². The first-order valence-electron chi connectivity index (χ1n) is 8.06. The SMILES string of the molecule is O=C(CSc1nc2cc(Cl)ccc2s1)Nc1ccc2c(c1)OCCCO2. The van der Waals surface area contributed by atoms with Crippen LogP contribution < -0.4 is 14.8 Å². The highest BCUT2D eigenvalue weighted by Crippen LogP contribution is 2.33. The number of aromatic nitrogens is 1. The van der Waals surface area contributed by atoms with E-state index in [0.717, 1.165) is 21.0 Å². The van der Waals surface area contributed by atoms with Gasteiger partial charge < -0.3 is 14.8 Å². The van der Waals surface area contributed by atoms with Crippen molar-refractivity contribution in [2.24, 2.45) is 0 Å². The highest BCUT2D eigenvalue weighted by molar-refractivity contribution is 8.01. The first-order valence-corrected chi connectivity index (χ1v) is 10.2. The van der Waals surface area contributed by atoms with Crippen molar-refractivity contribution in [1.82, 2.24) is 4.98 Å². The van der Waals surface area contributed by atoms with Crippen LogP contribution in [-0.4, -0.2) is 29.9 Å². The van der Waals surface area contributed by atoms with E-state index in [9.17, 15) is 4.79 Å². The summed E-state index contributed by atoms with van der Waals surface area (Å²) < 4.78 is 13.1. The Kier molecular flexibility index (Phi) is 5.19. The fourth-order valence-electron chi connectivity index (χ4n) is 2.51. The van der Waals surface area contributed by atoms with Crippen LogP contribution in [0.3, 0.4) is 0 Å². The number of benzene rings is 2.